The third-order valence-corrected chi connectivity index (χ3v) is 3.15. The van der Waals surface area contributed by atoms with Crippen molar-refractivity contribution in [2.75, 3.05) is 12.9 Å². The van der Waals surface area contributed by atoms with Crippen molar-refractivity contribution in [1.29, 1.82) is 0 Å². The molecule has 1 aromatic heterocycles. The number of ether oxygens (including phenoxy) is 1. The number of aliphatic hydroxyl groups is 1. The lowest BCUT2D eigenvalue weighted by molar-refractivity contribution is -0.140. The van der Waals surface area contributed by atoms with Crippen molar-refractivity contribution in [3.8, 4) is 0 Å². The molecule has 88 valence electrons. The largest absolute Gasteiger partial charge is 0.469 e. The van der Waals surface area contributed by atoms with E-state index >= 15 is 0 Å². The molecule has 0 saturated carbocycles. The summed E-state index contributed by atoms with van der Waals surface area (Å²) in [5.41, 5.74) is 1.82. The summed E-state index contributed by atoms with van der Waals surface area (Å²) in [7, 11) is 1.38. The van der Waals surface area contributed by atoms with E-state index in [0.717, 1.165) is 16.2 Å². The number of methoxy groups -OCH3 is 1. The van der Waals surface area contributed by atoms with Gasteiger partial charge in [0.05, 0.1) is 25.2 Å². The monoisotopic (exact) mass is 241 g/mol. The first kappa shape index (κ1) is 13.0. The van der Waals surface area contributed by atoms with Crippen molar-refractivity contribution in [3.05, 3.63) is 23.4 Å². The highest BCUT2D eigenvalue weighted by Crippen LogP contribution is 2.21. The number of nitrogens with zero attached hydrogens (tertiary/aromatic N) is 1. The van der Waals surface area contributed by atoms with Crippen LogP contribution in [0.25, 0.3) is 0 Å². The molecule has 0 saturated heterocycles. The number of hydrogen-bond acceptors (Lipinski definition) is 5. The van der Waals surface area contributed by atoms with E-state index in [2.05, 4.69) is 9.72 Å². The molecule has 5 heteroatoms. The molecule has 16 heavy (non-hydrogen) atoms. The number of carbonyl (C=O) groups is 1. The Hall–Kier alpha value is -1.07. The lowest BCUT2D eigenvalue weighted by Gasteiger charge is -2.05. The van der Waals surface area contributed by atoms with Gasteiger partial charge in [0.15, 0.2) is 0 Å². The number of aromatic nitrogens is 1. The van der Waals surface area contributed by atoms with Gasteiger partial charge in [0.1, 0.15) is 0 Å². The summed E-state index contributed by atoms with van der Waals surface area (Å²) in [6.45, 7) is 1.94. The van der Waals surface area contributed by atoms with Gasteiger partial charge in [-0.1, -0.05) is 0 Å². The van der Waals surface area contributed by atoms with Gasteiger partial charge in [-0.05, 0) is 24.1 Å². The van der Waals surface area contributed by atoms with Gasteiger partial charge in [0.25, 0.3) is 0 Å². The smallest absolute Gasteiger partial charge is 0.306 e. The fourth-order valence-electron chi connectivity index (χ4n) is 1.19. The Morgan fingerprint density at radius 3 is 2.94 bits per heavy atom. The fourth-order valence-corrected chi connectivity index (χ4v) is 2.07. The molecule has 0 aliphatic rings. The van der Waals surface area contributed by atoms with Crippen molar-refractivity contribution >= 4 is 17.7 Å². The molecule has 0 aliphatic heterocycles. The molecule has 0 aliphatic carbocycles. The van der Waals surface area contributed by atoms with E-state index in [1.165, 1.54) is 18.9 Å². The van der Waals surface area contributed by atoms with E-state index < -0.39 is 0 Å². The quantitative estimate of drug-likeness (QED) is 0.626. The molecular formula is C11H15NO3S. The number of aryl methyl sites for hydroxylation is 1. The Morgan fingerprint density at radius 1 is 1.62 bits per heavy atom. The summed E-state index contributed by atoms with van der Waals surface area (Å²) in [4.78, 5) is 15.1. The Bertz CT molecular complexity index is 368. The fraction of sp³-hybridized carbons (Fsp3) is 0.455. The molecular weight excluding hydrogens is 226 g/mol. The molecule has 0 atom stereocenters. The van der Waals surface area contributed by atoms with Crippen molar-refractivity contribution < 1.29 is 14.6 Å². The maximum absolute atomic E-state index is 10.9. The maximum Gasteiger partial charge on any atom is 0.306 e. The maximum atomic E-state index is 10.9. The molecule has 1 rings (SSSR count). The SMILES string of the molecule is COC(=O)CCSc1ncc(CO)cc1C. The minimum Gasteiger partial charge on any atom is -0.469 e. The first-order valence-electron chi connectivity index (χ1n) is 4.93. The van der Waals surface area contributed by atoms with E-state index in [0.29, 0.717) is 12.2 Å². The van der Waals surface area contributed by atoms with Gasteiger partial charge in [-0.3, -0.25) is 4.79 Å². The summed E-state index contributed by atoms with van der Waals surface area (Å²) in [5.74, 6) is 0.441. The minimum atomic E-state index is -0.211. The summed E-state index contributed by atoms with van der Waals surface area (Å²) in [5, 5.41) is 9.82. The molecule has 0 spiro atoms. The Balaban J connectivity index is 2.51. The van der Waals surface area contributed by atoms with Crippen LogP contribution in [0.1, 0.15) is 17.5 Å². The molecule has 0 fully saturated rings. The summed E-state index contributed by atoms with van der Waals surface area (Å²) in [6, 6.07) is 1.90. The molecule has 0 unspecified atom stereocenters. The second-order valence-electron chi connectivity index (χ2n) is 3.30. The number of carbonyl (C=O) groups excluding carboxylic acids is 1. The van der Waals surface area contributed by atoms with Crippen LogP contribution < -0.4 is 0 Å². The molecule has 0 radical (unpaired) electrons. The van der Waals surface area contributed by atoms with Crippen LogP contribution in [0.2, 0.25) is 0 Å². The number of aliphatic hydroxyl groups excluding tert-OH is 1. The van der Waals surface area contributed by atoms with Gasteiger partial charge >= 0.3 is 5.97 Å². The highest BCUT2D eigenvalue weighted by atomic mass is 32.2. The van der Waals surface area contributed by atoms with Crippen LogP contribution in [0.5, 0.6) is 0 Å². The van der Waals surface area contributed by atoms with Crippen LogP contribution in [0.3, 0.4) is 0 Å². The first-order valence-corrected chi connectivity index (χ1v) is 5.92. The van der Waals surface area contributed by atoms with Crippen molar-refractivity contribution in [2.45, 2.75) is 25.0 Å². The first-order chi connectivity index (χ1) is 7.67. The molecule has 4 nitrogen and oxygen atoms in total. The van der Waals surface area contributed by atoms with Crippen LogP contribution >= 0.6 is 11.8 Å². The normalized spacial score (nSPS) is 10.2. The second-order valence-corrected chi connectivity index (χ2v) is 4.38. The third-order valence-electron chi connectivity index (χ3n) is 2.04. The zero-order valence-corrected chi connectivity index (χ0v) is 10.2. The average Bonchev–Trinajstić information content (AvgIpc) is 2.30. The van der Waals surface area contributed by atoms with Crippen molar-refractivity contribution in [1.82, 2.24) is 4.98 Å². The van der Waals surface area contributed by atoms with Gasteiger partial charge in [0.2, 0.25) is 0 Å². The predicted octanol–water partition coefficient (Wildman–Crippen LogP) is 1.54. The van der Waals surface area contributed by atoms with Gasteiger partial charge in [-0.2, -0.15) is 0 Å². The molecule has 0 bridgehead atoms. The predicted molar refractivity (Wildman–Crippen MR) is 62.3 cm³/mol. The van der Waals surface area contributed by atoms with Crippen LogP contribution in [-0.2, 0) is 16.1 Å². The van der Waals surface area contributed by atoms with Crippen molar-refractivity contribution in [2.24, 2.45) is 0 Å². The molecule has 1 aromatic rings. The van der Waals surface area contributed by atoms with Gasteiger partial charge in [-0.15, -0.1) is 11.8 Å². The van der Waals surface area contributed by atoms with Gasteiger partial charge in [0, 0.05) is 11.9 Å². The van der Waals surface area contributed by atoms with E-state index in [1.54, 1.807) is 6.20 Å². The van der Waals surface area contributed by atoms with E-state index in [1.807, 2.05) is 13.0 Å². The topological polar surface area (TPSA) is 59.4 Å². The standard InChI is InChI=1S/C11H15NO3S/c1-8-5-9(7-13)6-12-11(8)16-4-3-10(14)15-2/h5-6,13H,3-4,7H2,1-2H3. The third kappa shape index (κ3) is 3.83. The molecule has 0 aromatic carbocycles. The molecule has 0 amide bonds. The second kappa shape index (κ2) is 6.50. The Labute approximate surface area is 99.0 Å². The lowest BCUT2D eigenvalue weighted by atomic mass is 10.2. The minimum absolute atomic E-state index is 0.000940. The van der Waals surface area contributed by atoms with Crippen LogP contribution in [0.4, 0.5) is 0 Å². The van der Waals surface area contributed by atoms with Crippen LogP contribution in [0.15, 0.2) is 17.3 Å². The average molecular weight is 241 g/mol. The lowest BCUT2D eigenvalue weighted by Crippen LogP contribution is -2.01. The van der Waals surface area contributed by atoms with Crippen molar-refractivity contribution in [3.63, 3.8) is 0 Å². The number of pyridine rings is 1. The van der Waals surface area contributed by atoms with E-state index in [-0.39, 0.29) is 12.6 Å². The summed E-state index contributed by atoms with van der Waals surface area (Å²) >= 11 is 1.52. The van der Waals surface area contributed by atoms with Crippen LogP contribution in [0, 0.1) is 6.92 Å². The summed E-state index contributed by atoms with van der Waals surface area (Å²) in [6.07, 6.45) is 2.03. The Morgan fingerprint density at radius 2 is 2.38 bits per heavy atom. The van der Waals surface area contributed by atoms with Gasteiger partial charge in [-0.25, -0.2) is 4.98 Å². The molecule has 1 heterocycles. The number of thioether (sulfide) groups is 1. The number of rotatable bonds is 5. The Kier molecular flexibility index (Phi) is 5.28. The zero-order chi connectivity index (χ0) is 12.0. The molecule has 1 N–H and O–H groups in total. The van der Waals surface area contributed by atoms with E-state index in [4.69, 9.17) is 5.11 Å². The van der Waals surface area contributed by atoms with Gasteiger partial charge < -0.3 is 9.84 Å². The number of esters is 1. The number of hydrogen-bond donors (Lipinski definition) is 1. The highest BCUT2D eigenvalue weighted by molar-refractivity contribution is 7.99. The zero-order valence-electron chi connectivity index (χ0n) is 9.40. The summed E-state index contributed by atoms with van der Waals surface area (Å²) < 4.78 is 4.55. The van der Waals surface area contributed by atoms with E-state index in [9.17, 15) is 4.79 Å². The van der Waals surface area contributed by atoms with Crippen LogP contribution in [-0.4, -0.2) is 28.9 Å². The highest BCUT2D eigenvalue weighted by Gasteiger charge is 2.05.